The van der Waals surface area contributed by atoms with E-state index in [9.17, 15) is 0 Å². The molecule has 1 aromatic carbocycles. The number of anilines is 2. The van der Waals surface area contributed by atoms with E-state index in [0.717, 1.165) is 38.1 Å². The summed E-state index contributed by atoms with van der Waals surface area (Å²) in [6.07, 6.45) is 3.61. The lowest BCUT2D eigenvalue weighted by molar-refractivity contribution is 0.0893. The van der Waals surface area contributed by atoms with Gasteiger partial charge in [-0.1, -0.05) is 6.92 Å². The van der Waals surface area contributed by atoms with E-state index in [1.54, 1.807) is 7.11 Å². The number of rotatable bonds is 5. The highest BCUT2D eigenvalue weighted by Crippen LogP contribution is 2.29. The molecule has 1 aromatic rings. The van der Waals surface area contributed by atoms with Crippen LogP contribution >= 0.6 is 0 Å². The number of nitrogen functional groups attached to an aromatic ring is 1. The van der Waals surface area contributed by atoms with Gasteiger partial charge in [-0.2, -0.15) is 0 Å². The second kappa shape index (κ2) is 6.66. The number of ether oxygens (including phenoxy) is 2. The average Bonchev–Trinajstić information content (AvgIpc) is 2.46. The third kappa shape index (κ3) is 3.53. The summed E-state index contributed by atoms with van der Waals surface area (Å²) in [6.45, 7) is 4.80. The van der Waals surface area contributed by atoms with Gasteiger partial charge >= 0.3 is 0 Å². The summed E-state index contributed by atoms with van der Waals surface area (Å²) in [7, 11) is 1.78. The van der Waals surface area contributed by atoms with E-state index < -0.39 is 0 Å². The van der Waals surface area contributed by atoms with Crippen molar-refractivity contribution in [2.24, 2.45) is 0 Å². The van der Waals surface area contributed by atoms with Gasteiger partial charge in [0.2, 0.25) is 0 Å². The Balaban J connectivity index is 2.10. The Morgan fingerprint density at radius 3 is 3.00 bits per heavy atom. The largest absolute Gasteiger partial charge is 0.491 e. The smallest absolute Gasteiger partial charge is 0.144 e. The highest BCUT2D eigenvalue weighted by Gasteiger charge is 2.20. The molecule has 4 heteroatoms. The van der Waals surface area contributed by atoms with Crippen molar-refractivity contribution < 1.29 is 9.47 Å². The van der Waals surface area contributed by atoms with Crippen molar-refractivity contribution in [1.29, 1.82) is 0 Å². The molecule has 0 amide bonds. The first-order valence-corrected chi connectivity index (χ1v) is 7.04. The molecule has 0 aliphatic carbocycles. The van der Waals surface area contributed by atoms with Gasteiger partial charge < -0.3 is 20.1 Å². The summed E-state index contributed by atoms with van der Waals surface area (Å²) >= 11 is 0. The van der Waals surface area contributed by atoms with Gasteiger partial charge in [0.15, 0.2) is 0 Å². The first kappa shape index (κ1) is 14.0. The van der Waals surface area contributed by atoms with Crippen LogP contribution in [0.2, 0.25) is 0 Å². The predicted octanol–water partition coefficient (Wildman–Crippen LogP) is 2.67. The van der Waals surface area contributed by atoms with Gasteiger partial charge in [-0.05, 0) is 31.4 Å². The average molecular weight is 264 g/mol. The number of hydrogen-bond acceptors (Lipinski definition) is 4. The summed E-state index contributed by atoms with van der Waals surface area (Å²) in [5.74, 6) is 0.791. The Kier molecular flexibility index (Phi) is 4.91. The number of benzene rings is 1. The Morgan fingerprint density at radius 1 is 1.42 bits per heavy atom. The van der Waals surface area contributed by atoms with Crippen molar-refractivity contribution in [1.82, 2.24) is 0 Å². The molecule has 0 saturated carbocycles. The number of nitrogens with zero attached hydrogens (tertiary/aromatic N) is 1. The van der Waals surface area contributed by atoms with Gasteiger partial charge in [0, 0.05) is 32.0 Å². The van der Waals surface area contributed by atoms with E-state index in [4.69, 9.17) is 15.2 Å². The van der Waals surface area contributed by atoms with Crippen molar-refractivity contribution >= 4 is 11.4 Å². The maximum Gasteiger partial charge on any atom is 0.144 e. The van der Waals surface area contributed by atoms with Crippen molar-refractivity contribution in [3.8, 4) is 5.75 Å². The molecule has 1 fully saturated rings. The summed E-state index contributed by atoms with van der Waals surface area (Å²) in [5.41, 5.74) is 7.82. The maximum atomic E-state index is 5.95. The van der Waals surface area contributed by atoms with Crippen LogP contribution in [0, 0.1) is 0 Å². The van der Waals surface area contributed by atoms with Gasteiger partial charge in [-0.15, -0.1) is 0 Å². The molecule has 2 rings (SSSR count). The molecule has 1 aliphatic rings. The SMILES string of the molecule is CCCOc1cc(N2CCCC(OC)C2)ccc1N. The number of piperidine rings is 1. The van der Waals surface area contributed by atoms with Crippen LogP contribution in [0.1, 0.15) is 26.2 Å². The van der Waals surface area contributed by atoms with Crippen molar-refractivity contribution in [3.63, 3.8) is 0 Å². The topological polar surface area (TPSA) is 47.7 Å². The molecule has 19 heavy (non-hydrogen) atoms. The first-order valence-electron chi connectivity index (χ1n) is 7.04. The van der Waals surface area contributed by atoms with Crippen LogP contribution in [-0.4, -0.2) is 32.9 Å². The van der Waals surface area contributed by atoms with Crippen LogP contribution in [0.15, 0.2) is 18.2 Å². The van der Waals surface area contributed by atoms with Crippen LogP contribution in [0.4, 0.5) is 11.4 Å². The summed E-state index contributed by atoms with van der Waals surface area (Å²) in [6, 6.07) is 6.03. The quantitative estimate of drug-likeness (QED) is 0.831. The van der Waals surface area contributed by atoms with Gasteiger partial charge in [-0.25, -0.2) is 0 Å². The molecule has 1 heterocycles. The molecule has 0 bridgehead atoms. The van der Waals surface area contributed by atoms with Gasteiger partial charge in [-0.3, -0.25) is 0 Å². The van der Waals surface area contributed by atoms with Crippen molar-refractivity contribution in [3.05, 3.63) is 18.2 Å². The molecule has 1 saturated heterocycles. The fourth-order valence-corrected chi connectivity index (χ4v) is 2.42. The lowest BCUT2D eigenvalue weighted by Crippen LogP contribution is -2.39. The first-order chi connectivity index (χ1) is 9.24. The molecule has 0 aromatic heterocycles. The zero-order valence-corrected chi connectivity index (χ0v) is 11.9. The van der Waals surface area contributed by atoms with Gasteiger partial charge in [0.05, 0.1) is 18.4 Å². The van der Waals surface area contributed by atoms with Crippen LogP contribution < -0.4 is 15.4 Å². The Bertz CT molecular complexity index is 409. The minimum atomic E-state index is 0.325. The lowest BCUT2D eigenvalue weighted by Gasteiger charge is -2.33. The number of nitrogens with two attached hydrogens (primary N) is 1. The molecule has 0 spiro atoms. The molecule has 2 N–H and O–H groups in total. The Morgan fingerprint density at radius 2 is 2.26 bits per heavy atom. The van der Waals surface area contributed by atoms with Crippen LogP contribution in [0.25, 0.3) is 0 Å². The van der Waals surface area contributed by atoms with Crippen LogP contribution in [-0.2, 0) is 4.74 Å². The third-order valence-corrected chi connectivity index (χ3v) is 3.54. The van der Waals surface area contributed by atoms with E-state index in [1.165, 1.54) is 5.69 Å². The van der Waals surface area contributed by atoms with Gasteiger partial charge in [0.1, 0.15) is 5.75 Å². The monoisotopic (exact) mass is 264 g/mol. The van der Waals surface area contributed by atoms with Crippen molar-refractivity contribution in [2.75, 3.05) is 37.4 Å². The van der Waals surface area contributed by atoms with Crippen LogP contribution in [0.5, 0.6) is 5.75 Å². The molecule has 1 atom stereocenters. The molecule has 1 unspecified atom stereocenters. The third-order valence-electron chi connectivity index (χ3n) is 3.54. The zero-order valence-electron chi connectivity index (χ0n) is 11.9. The lowest BCUT2D eigenvalue weighted by atomic mass is 10.1. The Hall–Kier alpha value is -1.42. The number of hydrogen-bond donors (Lipinski definition) is 1. The van der Waals surface area contributed by atoms with E-state index in [1.807, 2.05) is 12.1 Å². The fraction of sp³-hybridized carbons (Fsp3) is 0.600. The normalized spacial score (nSPS) is 19.5. The van der Waals surface area contributed by atoms with E-state index >= 15 is 0 Å². The zero-order chi connectivity index (χ0) is 13.7. The molecule has 1 aliphatic heterocycles. The molecule has 106 valence electrons. The van der Waals surface area contributed by atoms with E-state index in [2.05, 4.69) is 17.9 Å². The summed E-state index contributed by atoms with van der Waals surface area (Å²) in [5, 5.41) is 0. The van der Waals surface area contributed by atoms with Crippen molar-refractivity contribution in [2.45, 2.75) is 32.3 Å². The minimum absolute atomic E-state index is 0.325. The van der Waals surface area contributed by atoms with E-state index in [0.29, 0.717) is 18.4 Å². The standard InChI is InChI=1S/C15H24N2O2/c1-3-9-19-15-10-12(6-7-14(15)16)17-8-4-5-13(11-17)18-2/h6-7,10,13H,3-5,8-9,11,16H2,1-2H3. The molecule has 4 nitrogen and oxygen atoms in total. The highest BCUT2D eigenvalue weighted by molar-refractivity contribution is 5.62. The highest BCUT2D eigenvalue weighted by atomic mass is 16.5. The van der Waals surface area contributed by atoms with Crippen LogP contribution in [0.3, 0.4) is 0 Å². The molecular weight excluding hydrogens is 240 g/mol. The second-order valence-electron chi connectivity index (χ2n) is 5.02. The van der Waals surface area contributed by atoms with Gasteiger partial charge in [0.25, 0.3) is 0 Å². The number of methoxy groups -OCH3 is 1. The van der Waals surface area contributed by atoms with E-state index in [-0.39, 0.29) is 0 Å². The fourth-order valence-electron chi connectivity index (χ4n) is 2.42. The minimum Gasteiger partial charge on any atom is -0.491 e. The summed E-state index contributed by atoms with van der Waals surface area (Å²) < 4.78 is 11.2. The second-order valence-corrected chi connectivity index (χ2v) is 5.02. The summed E-state index contributed by atoms with van der Waals surface area (Å²) in [4.78, 5) is 2.34. The molecular formula is C15H24N2O2. The predicted molar refractivity (Wildman–Crippen MR) is 78.9 cm³/mol. The maximum absolute atomic E-state index is 5.95. The Labute approximate surface area is 115 Å². The molecule has 0 radical (unpaired) electrons.